The van der Waals surface area contributed by atoms with E-state index in [1.54, 1.807) is 42.8 Å². The quantitative estimate of drug-likeness (QED) is 0.228. The second kappa shape index (κ2) is 12.7. The minimum atomic E-state index is -0.649. The van der Waals surface area contributed by atoms with E-state index in [0.29, 0.717) is 82.6 Å². The summed E-state index contributed by atoms with van der Waals surface area (Å²) in [5.74, 6) is 0.889. The summed E-state index contributed by atoms with van der Waals surface area (Å²) in [5.41, 5.74) is 1.91. The van der Waals surface area contributed by atoms with Gasteiger partial charge in [0, 0.05) is 31.9 Å². The van der Waals surface area contributed by atoms with Gasteiger partial charge in [0.15, 0.2) is 0 Å². The number of aryl methyl sites for hydroxylation is 1. The van der Waals surface area contributed by atoms with Gasteiger partial charge in [-0.1, -0.05) is 18.2 Å². The number of nitrogens with zero attached hydrogens (tertiary/aromatic N) is 4. The first-order chi connectivity index (χ1) is 23.5. The fourth-order valence-corrected chi connectivity index (χ4v) is 7.51. The molecule has 4 aromatic rings. The van der Waals surface area contributed by atoms with Crippen molar-refractivity contribution in [1.29, 1.82) is 0 Å². The highest BCUT2D eigenvalue weighted by atomic mass is 32.1. The summed E-state index contributed by atoms with van der Waals surface area (Å²) in [6.45, 7) is 8.66. The van der Waals surface area contributed by atoms with Gasteiger partial charge in [-0.25, -0.2) is 14.6 Å². The number of amides is 5. The standard InChI is InChI=1S/C36H38N6O6S/c1-21-19-24(47-23-10-6-5-7-11-23)12-13-25(21)42-26-14-16-37-32-28(26)29(39-34(42)45)30(49-32)31(43)38-22-9-8-17-40(20-22)33(44)27-15-18-41(27)35(46)48-36(2,3)4/h5-7,10-14,16,19,22,27H,8-9,15,17-18,20H2,1-4H3,(H,38,43)(H,39,45)/t22-,27?/m1/s1. The summed E-state index contributed by atoms with van der Waals surface area (Å²) in [6.07, 6.45) is 3.13. The van der Waals surface area contributed by atoms with E-state index in [0.717, 1.165) is 5.56 Å². The van der Waals surface area contributed by atoms with Crippen molar-refractivity contribution in [3.63, 3.8) is 0 Å². The van der Waals surface area contributed by atoms with Gasteiger partial charge in [-0.05, 0) is 88.9 Å². The fourth-order valence-electron chi connectivity index (χ4n) is 6.49. The van der Waals surface area contributed by atoms with Crippen LogP contribution in [0.5, 0.6) is 11.5 Å². The first-order valence-electron chi connectivity index (χ1n) is 16.4. The largest absolute Gasteiger partial charge is 0.457 e. The molecule has 2 saturated heterocycles. The lowest BCUT2D eigenvalue weighted by molar-refractivity contribution is -0.142. The van der Waals surface area contributed by atoms with Gasteiger partial charge in [-0.2, -0.15) is 0 Å². The number of benzene rings is 2. The summed E-state index contributed by atoms with van der Waals surface area (Å²) in [5, 5.41) is 6.75. The van der Waals surface area contributed by atoms with Gasteiger partial charge in [0.2, 0.25) is 5.91 Å². The number of hydrogen-bond acceptors (Lipinski definition) is 8. The van der Waals surface area contributed by atoms with E-state index in [1.807, 2.05) is 55.5 Å². The second-order valence-corrected chi connectivity index (χ2v) is 14.5. The van der Waals surface area contributed by atoms with Crippen LogP contribution in [0.3, 0.4) is 0 Å². The number of ether oxygens (including phenoxy) is 2. The molecule has 2 N–H and O–H groups in total. The van der Waals surface area contributed by atoms with Crippen molar-refractivity contribution in [2.45, 2.75) is 64.6 Å². The average molecular weight is 683 g/mol. The van der Waals surface area contributed by atoms with E-state index < -0.39 is 23.8 Å². The highest BCUT2D eigenvalue weighted by Crippen LogP contribution is 2.46. The molecule has 254 valence electrons. The number of rotatable bonds is 6. The van der Waals surface area contributed by atoms with Gasteiger partial charge in [0.25, 0.3) is 5.91 Å². The van der Waals surface area contributed by atoms with Crippen LogP contribution in [0, 0.1) is 6.92 Å². The molecule has 49 heavy (non-hydrogen) atoms. The maximum atomic E-state index is 13.8. The topological polar surface area (TPSA) is 133 Å². The third-order valence-corrected chi connectivity index (χ3v) is 9.94. The molecular weight excluding hydrogens is 644 g/mol. The van der Waals surface area contributed by atoms with Crippen LogP contribution in [-0.4, -0.2) is 76.0 Å². The number of thiophene rings is 1. The molecule has 2 atom stereocenters. The molecule has 0 saturated carbocycles. The van der Waals surface area contributed by atoms with Crippen LogP contribution in [0.25, 0.3) is 10.2 Å². The van der Waals surface area contributed by atoms with Crippen molar-refractivity contribution < 1.29 is 28.7 Å². The molecule has 2 aromatic heterocycles. The molecule has 12 nitrogen and oxygen atoms in total. The summed E-state index contributed by atoms with van der Waals surface area (Å²) >= 11 is 1.22. The predicted octanol–water partition coefficient (Wildman–Crippen LogP) is 6.81. The number of hydrogen-bond donors (Lipinski definition) is 2. The number of piperidine rings is 1. The number of para-hydroxylation sites is 1. The number of pyridine rings is 1. The predicted molar refractivity (Wildman–Crippen MR) is 187 cm³/mol. The van der Waals surface area contributed by atoms with Crippen LogP contribution >= 0.6 is 11.3 Å². The molecule has 0 radical (unpaired) electrons. The molecule has 3 aliphatic heterocycles. The first kappa shape index (κ1) is 32.4. The van der Waals surface area contributed by atoms with Gasteiger partial charge in [0.1, 0.15) is 32.8 Å². The van der Waals surface area contributed by atoms with Crippen molar-refractivity contribution in [3.05, 3.63) is 71.2 Å². The molecule has 1 unspecified atom stereocenters. The zero-order valence-corrected chi connectivity index (χ0v) is 28.6. The highest BCUT2D eigenvalue weighted by molar-refractivity contribution is 7.21. The van der Waals surface area contributed by atoms with Crippen LogP contribution in [0.4, 0.5) is 26.7 Å². The monoisotopic (exact) mass is 682 g/mol. The molecule has 0 aliphatic carbocycles. The van der Waals surface area contributed by atoms with E-state index in [-0.39, 0.29) is 17.9 Å². The van der Waals surface area contributed by atoms with Gasteiger partial charge in [0.05, 0.1) is 22.4 Å². The van der Waals surface area contributed by atoms with E-state index in [4.69, 9.17) is 9.47 Å². The van der Waals surface area contributed by atoms with E-state index in [2.05, 4.69) is 15.6 Å². The Morgan fingerprint density at radius 1 is 1.00 bits per heavy atom. The summed E-state index contributed by atoms with van der Waals surface area (Å²) in [7, 11) is 0. The average Bonchev–Trinajstić information content (AvgIpc) is 3.40. The first-order valence-corrected chi connectivity index (χ1v) is 17.2. The number of aromatic nitrogens is 1. The molecule has 2 fully saturated rings. The lowest BCUT2D eigenvalue weighted by atomic mass is 9.99. The van der Waals surface area contributed by atoms with Crippen LogP contribution < -0.4 is 20.3 Å². The Balaban J connectivity index is 1.07. The molecule has 0 bridgehead atoms. The molecule has 3 aliphatic rings. The van der Waals surface area contributed by atoms with Crippen molar-refractivity contribution in [2.75, 3.05) is 29.9 Å². The number of anilines is 3. The van der Waals surface area contributed by atoms with Gasteiger partial charge < -0.3 is 25.0 Å². The molecule has 5 heterocycles. The third kappa shape index (κ3) is 6.38. The maximum absolute atomic E-state index is 13.8. The van der Waals surface area contributed by atoms with Crippen LogP contribution in [0.15, 0.2) is 60.8 Å². The number of carbonyl (C=O) groups excluding carboxylic acids is 4. The smallest absolute Gasteiger partial charge is 0.410 e. The Morgan fingerprint density at radius 2 is 1.80 bits per heavy atom. The lowest BCUT2D eigenvalue weighted by Crippen LogP contribution is -2.61. The highest BCUT2D eigenvalue weighted by Gasteiger charge is 2.43. The Hall–Kier alpha value is -5.17. The van der Waals surface area contributed by atoms with Gasteiger partial charge in [-0.3, -0.25) is 19.4 Å². The SMILES string of the molecule is Cc1cc(Oc2ccccc2)ccc1N1C(=O)Nc2c(C(=O)N[C@@H]3CCCN(C(=O)C4CCN4C(=O)OC(C)(C)C)C3)sc3nccc1c23. The Labute approximate surface area is 288 Å². The van der Waals surface area contributed by atoms with Crippen LogP contribution in [-0.2, 0) is 9.53 Å². The lowest BCUT2D eigenvalue weighted by Gasteiger charge is -2.44. The molecule has 5 amide bonds. The second-order valence-electron chi connectivity index (χ2n) is 13.5. The number of urea groups is 1. The summed E-state index contributed by atoms with van der Waals surface area (Å²) < 4.78 is 11.5. The minimum Gasteiger partial charge on any atom is -0.457 e. The Bertz CT molecular complexity index is 1960. The van der Waals surface area contributed by atoms with Gasteiger partial charge in [-0.15, -0.1) is 11.3 Å². The maximum Gasteiger partial charge on any atom is 0.410 e. The molecule has 0 spiro atoms. The van der Waals surface area contributed by atoms with Crippen molar-refractivity contribution in [3.8, 4) is 11.5 Å². The zero-order valence-electron chi connectivity index (χ0n) is 27.8. The minimum absolute atomic E-state index is 0.135. The van der Waals surface area contributed by atoms with E-state index >= 15 is 0 Å². The summed E-state index contributed by atoms with van der Waals surface area (Å²) in [6, 6.07) is 15.6. The van der Waals surface area contributed by atoms with Crippen molar-refractivity contribution in [2.24, 2.45) is 0 Å². The van der Waals surface area contributed by atoms with Crippen molar-refractivity contribution >= 4 is 62.6 Å². The zero-order chi connectivity index (χ0) is 34.4. The number of nitrogens with one attached hydrogen (secondary N) is 2. The number of likely N-dealkylation sites (tertiary alicyclic amines) is 2. The summed E-state index contributed by atoms with van der Waals surface area (Å²) in [4.78, 5) is 63.8. The molecule has 2 aromatic carbocycles. The molecular formula is C36H38N6O6S. The van der Waals surface area contributed by atoms with Crippen LogP contribution in [0.1, 0.15) is 55.3 Å². The molecule has 13 heteroatoms. The van der Waals surface area contributed by atoms with Crippen LogP contribution in [0.2, 0.25) is 0 Å². The molecule has 7 rings (SSSR count). The Kier molecular flexibility index (Phi) is 8.39. The fraction of sp³-hybridized carbons (Fsp3) is 0.361. The third-order valence-electron chi connectivity index (χ3n) is 8.84. The van der Waals surface area contributed by atoms with E-state index in [1.165, 1.54) is 16.2 Å². The normalized spacial score (nSPS) is 18.9. The van der Waals surface area contributed by atoms with E-state index in [9.17, 15) is 19.2 Å². The number of carbonyl (C=O) groups is 4. The van der Waals surface area contributed by atoms with Gasteiger partial charge >= 0.3 is 12.1 Å². The Morgan fingerprint density at radius 3 is 2.51 bits per heavy atom. The van der Waals surface area contributed by atoms with Crippen molar-refractivity contribution in [1.82, 2.24) is 20.1 Å².